The van der Waals surface area contributed by atoms with Gasteiger partial charge in [0.2, 0.25) is 17.7 Å². The highest BCUT2D eigenvalue weighted by Gasteiger charge is 2.42. The van der Waals surface area contributed by atoms with Crippen molar-refractivity contribution in [3.63, 3.8) is 0 Å². The third-order valence-electron chi connectivity index (χ3n) is 7.74. The Labute approximate surface area is 248 Å². The molecule has 0 saturated carbocycles. The molecule has 0 aromatic heterocycles. The first-order chi connectivity index (χ1) is 19.9. The molecule has 9 nitrogen and oxygen atoms in total. The maximum absolute atomic E-state index is 13.8. The Morgan fingerprint density at radius 3 is 2.43 bits per heavy atom. The number of benzene rings is 2. The number of hydrogen-bond acceptors (Lipinski definition) is 6. The summed E-state index contributed by atoms with van der Waals surface area (Å²) >= 11 is 0. The van der Waals surface area contributed by atoms with Crippen LogP contribution in [0, 0.1) is 11.7 Å². The molecule has 230 valence electrons. The number of amides is 3. The molecule has 1 heterocycles. The minimum absolute atomic E-state index is 0.0691. The lowest BCUT2D eigenvalue weighted by Crippen LogP contribution is -2.64. The standard InChI is InChI=1S/C32H45FN4O5/c1-6-21(2)27-31(40)37(5)28(32(3,4)41)30(39)36-25(20-22-13-15-24(33)16-14-22)29(38)35-17-9-11-23-10-7-8-12-26(23)42-19-18-34-27/h7-8,10,12-16,21,25,27-28,34,41H,6,9,11,17-20H2,1-5H3,(H,35,38)(H,36,39)/t21?,25-,27+,28-/m1/s1. The molecule has 0 radical (unpaired) electrons. The summed E-state index contributed by atoms with van der Waals surface area (Å²) in [6.45, 7) is 7.94. The van der Waals surface area contributed by atoms with E-state index in [9.17, 15) is 23.9 Å². The van der Waals surface area contributed by atoms with E-state index in [1.54, 1.807) is 12.1 Å². The Kier molecular flexibility index (Phi) is 11.9. The molecule has 0 spiro atoms. The maximum Gasteiger partial charge on any atom is 0.246 e. The van der Waals surface area contributed by atoms with Gasteiger partial charge in [-0.05, 0) is 61.9 Å². The summed E-state index contributed by atoms with van der Waals surface area (Å²) in [5.41, 5.74) is 0.0284. The number of para-hydroxylation sites is 1. The zero-order valence-corrected chi connectivity index (χ0v) is 25.3. The molecule has 0 aliphatic carbocycles. The number of fused-ring (bicyclic) bond motifs is 1. The molecule has 0 fully saturated rings. The molecule has 10 heteroatoms. The normalized spacial score (nSPS) is 22.6. The van der Waals surface area contributed by atoms with Crippen LogP contribution in [0.25, 0.3) is 0 Å². The average Bonchev–Trinajstić information content (AvgIpc) is 2.94. The predicted octanol–water partition coefficient (Wildman–Crippen LogP) is 2.60. The number of halogens is 1. The Hall–Kier alpha value is -3.50. The van der Waals surface area contributed by atoms with Crippen LogP contribution in [0.1, 0.15) is 51.7 Å². The third-order valence-corrected chi connectivity index (χ3v) is 7.74. The van der Waals surface area contributed by atoms with Crippen molar-refractivity contribution in [2.45, 2.75) is 77.1 Å². The average molecular weight is 585 g/mol. The van der Waals surface area contributed by atoms with Gasteiger partial charge in [0.05, 0.1) is 11.6 Å². The van der Waals surface area contributed by atoms with E-state index in [2.05, 4.69) is 16.0 Å². The Morgan fingerprint density at radius 2 is 1.76 bits per heavy atom. The fourth-order valence-electron chi connectivity index (χ4n) is 5.24. The lowest BCUT2D eigenvalue weighted by atomic mass is 9.92. The number of likely N-dealkylation sites (N-methyl/N-ethyl adjacent to an activating group) is 1. The van der Waals surface area contributed by atoms with Crippen LogP contribution in [0.3, 0.4) is 0 Å². The summed E-state index contributed by atoms with van der Waals surface area (Å²) in [6, 6.07) is 10.5. The number of ether oxygens (including phenoxy) is 1. The first-order valence-electron chi connectivity index (χ1n) is 14.7. The van der Waals surface area contributed by atoms with Crippen LogP contribution in [-0.4, -0.2) is 78.2 Å². The number of nitrogens with zero attached hydrogens (tertiary/aromatic N) is 1. The van der Waals surface area contributed by atoms with Gasteiger partial charge in [0.25, 0.3) is 0 Å². The van der Waals surface area contributed by atoms with Crippen LogP contribution in [0.4, 0.5) is 4.39 Å². The van der Waals surface area contributed by atoms with Crippen LogP contribution in [0.2, 0.25) is 0 Å². The van der Waals surface area contributed by atoms with Crippen LogP contribution in [0.5, 0.6) is 5.75 Å². The molecule has 42 heavy (non-hydrogen) atoms. The number of aliphatic hydroxyl groups is 1. The van der Waals surface area contributed by atoms with Crippen LogP contribution in [0.15, 0.2) is 48.5 Å². The molecule has 2 aromatic rings. The first kappa shape index (κ1) is 33.0. The lowest BCUT2D eigenvalue weighted by Gasteiger charge is -2.39. The highest BCUT2D eigenvalue weighted by atomic mass is 19.1. The zero-order valence-electron chi connectivity index (χ0n) is 25.3. The second kappa shape index (κ2) is 15.1. The molecule has 4 atom stereocenters. The molecule has 2 aromatic carbocycles. The minimum Gasteiger partial charge on any atom is -0.492 e. The van der Waals surface area contributed by atoms with E-state index in [4.69, 9.17) is 4.74 Å². The third kappa shape index (κ3) is 9.00. The summed E-state index contributed by atoms with van der Waals surface area (Å²) < 4.78 is 19.6. The molecule has 0 bridgehead atoms. The molecule has 3 amide bonds. The monoisotopic (exact) mass is 584 g/mol. The maximum atomic E-state index is 13.8. The van der Waals surface area contributed by atoms with Gasteiger partial charge in [-0.15, -0.1) is 0 Å². The number of hydrogen-bond donors (Lipinski definition) is 4. The molecule has 0 saturated heterocycles. The summed E-state index contributed by atoms with van der Waals surface area (Å²) in [5.74, 6) is -1.16. The SMILES string of the molecule is CCC(C)[C@@H]1NCCOc2ccccc2CCCNC(=O)[C@@H](Cc2ccc(F)cc2)NC(=O)[C@H](C(C)(C)O)N(C)C1=O. The predicted molar refractivity (Wildman–Crippen MR) is 159 cm³/mol. The van der Waals surface area contributed by atoms with E-state index < -0.39 is 41.4 Å². The van der Waals surface area contributed by atoms with E-state index in [1.807, 2.05) is 38.1 Å². The van der Waals surface area contributed by atoms with Gasteiger partial charge in [-0.1, -0.05) is 50.6 Å². The fourth-order valence-corrected chi connectivity index (χ4v) is 5.24. The lowest BCUT2D eigenvalue weighted by molar-refractivity contribution is -0.150. The molecular weight excluding hydrogens is 539 g/mol. The van der Waals surface area contributed by atoms with Crippen molar-refractivity contribution in [1.82, 2.24) is 20.9 Å². The van der Waals surface area contributed by atoms with Crippen molar-refractivity contribution < 1.29 is 28.6 Å². The molecule has 4 N–H and O–H groups in total. The number of aryl methyl sites for hydroxylation is 1. The summed E-state index contributed by atoms with van der Waals surface area (Å²) in [5, 5.41) is 20.0. The van der Waals surface area contributed by atoms with Crippen LogP contribution in [-0.2, 0) is 27.2 Å². The molecular formula is C32H45FN4O5. The van der Waals surface area contributed by atoms with Gasteiger partial charge in [-0.2, -0.15) is 0 Å². The smallest absolute Gasteiger partial charge is 0.246 e. The number of nitrogens with one attached hydrogen (secondary N) is 3. The van der Waals surface area contributed by atoms with Crippen molar-refractivity contribution in [1.29, 1.82) is 0 Å². The van der Waals surface area contributed by atoms with Crippen molar-refractivity contribution in [3.05, 3.63) is 65.5 Å². The van der Waals surface area contributed by atoms with Crippen molar-refractivity contribution in [2.75, 3.05) is 26.7 Å². The van der Waals surface area contributed by atoms with Gasteiger partial charge in [-0.25, -0.2) is 4.39 Å². The van der Waals surface area contributed by atoms with E-state index in [-0.39, 0.29) is 18.2 Å². The highest BCUT2D eigenvalue weighted by Crippen LogP contribution is 2.21. The zero-order chi connectivity index (χ0) is 30.9. The number of rotatable bonds is 5. The molecule has 3 rings (SSSR count). The van der Waals surface area contributed by atoms with Crippen LogP contribution >= 0.6 is 0 Å². The van der Waals surface area contributed by atoms with Gasteiger partial charge >= 0.3 is 0 Å². The Bertz CT molecular complexity index is 1200. The Balaban J connectivity index is 1.96. The van der Waals surface area contributed by atoms with Crippen molar-refractivity contribution in [3.8, 4) is 5.75 Å². The van der Waals surface area contributed by atoms with E-state index in [0.29, 0.717) is 44.5 Å². The van der Waals surface area contributed by atoms with Crippen LogP contribution < -0.4 is 20.7 Å². The second-order valence-corrected chi connectivity index (χ2v) is 11.6. The summed E-state index contributed by atoms with van der Waals surface area (Å²) in [6.07, 6.45) is 2.11. The van der Waals surface area contributed by atoms with Gasteiger partial charge < -0.3 is 30.7 Å². The first-order valence-corrected chi connectivity index (χ1v) is 14.7. The molecule has 1 aliphatic rings. The van der Waals surface area contributed by atoms with Crippen molar-refractivity contribution >= 4 is 17.7 Å². The van der Waals surface area contributed by atoms with Gasteiger partial charge in [-0.3, -0.25) is 14.4 Å². The fraction of sp³-hybridized carbons (Fsp3) is 0.531. The van der Waals surface area contributed by atoms with E-state index in [1.165, 1.54) is 37.9 Å². The van der Waals surface area contributed by atoms with E-state index >= 15 is 0 Å². The summed E-state index contributed by atoms with van der Waals surface area (Å²) in [7, 11) is 1.49. The van der Waals surface area contributed by atoms with Gasteiger partial charge in [0, 0.05) is 26.6 Å². The highest BCUT2D eigenvalue weighted by molar-refractivity contribution is 5.94. The molecule has 1 unspecified atom stereocenters. The second-order valence-electron chi connectivity index (χ2n) is 11.6. The summed E-state index contributed by atoms with van der Waals surface area (Å²) in [4.78, 5) is 42.2. The number of carbonyl (C=O) groups is 3. The molecule has 1 aliphatic heterocycles. The largest absolute Gasteiger partial charge is 0.492 e. The van der Waals surface area contributed by atoms with Crippen molar-refractivity contribution in [2.24, 2.45) is 5.92 Å². The van der Waals surface area contributed by atoms with Gasteiger partial charge in [0.1, 0.15) is 30.3 Å². The number of carbonyl (C=O) groups excluding carboxylic acids is 3. The topological polar surface area (TPSA) is 120 Å². The quantitative estimate of drug-likeness (QED) is 0.429. The minimum atomic E-state index is -1.63. The van der Waals surface area contributed by atoms with E-state index in [0.717, 1.165) is 11.3 Å². The Morgan fingerprint density at radius 1 is 1.07 bits per heavy atom. The van der Waals surface area contributed by atoms with Gasteiger partial charge in [0.15, 0.2) is 0 Å².